The van der Waals surface area contributed by atoms with E-state index in [-0.39, 0.29) is 24.2 Å². The molecule has 2 fully saturated rings. The van der Waals surface area contributed by atoms with Gasteiger partial charge in [0.1, 0.15) is 0 Å². The number of amides is 2. The Bertz CT molecular complexity index is 685. The molecule has 2 amide bonds. The van der Waals surface area contributed by atoms with Crippen LogP contribution in [-0.4, -0.2) is 39.1 Å². The summed E-state index contributed by atoms with van der Waals surface area (Å²) in [7, 11) is 3.14. The zero-order valence-corrected chi connectivity index (χ0v) is 17.0. The first-order valence-electron chi connectivity index (χ1n) is 10.4. The van der Waals surface area contributed by atoms with E-state index in [1.165, 1.54) is 38.5 Å². The summed E-state index contributed by atoms with van der Waals surface area (Å²) in [4.78, 5) is 26.6. The van der Waals surface area contributed by atoms with E-state index in [2.05, 4.69) is 5.32 Å². The smallest absolute Gasteiger partial charge is 0.227 e. The summed E-state index contributed by atoms with van der Waals surface area (Å²) in [6.45, 7) is 1.11. The SMILES string of the molecule is COc1ccc(N2CC(C(=O)NCCCC3CCCCC3)CC2=O)cc1OC. The molecule has 1 aliphatic carbocycles. The number of anilines is 1. The molecule has 0 bridgehead atoms. The fraction of sp³-hybridized carbons (Fsp3) is 0.636. The van der Waals surface area contributed by atoms with Gasteiger partial charge in [-0.05, 0) is 30.9 Å². The van der Waals surface area contributed by atoms with Gasteiger partial charge in [-0.15, -0.1) is 0 Å². The van der Waals surface area contributed by atoms with Crippen molar-refractivity contribution in [3.05, 3.63) is 18.2 Å². The van der Waals surface area contributed by atoms with Gasteiger partial charge in [0, 0.05) is 31.3 Å². The molecule has 1 saturated carbocycles. The number of ether oxygens (including phenoxy) is 2. The zero-order valence-electron chi connectivity index (χ0n) is 17.0. The van der Waals surface area contributed by atoms with Crippen LogP contribution in [0.15, 0.2) is 18.2 Å². The second-order valence-corrected chi connectivity index (χ2v) is 7.88. The van der Waals surface area contributed by atoms with Gasteiger partial charge in [0.15, 0.2) is 11.5 Å². The first-order valence-corrected chi connectivity index (χ1v) is 10.4. The predicted molar refractivity (Wildman–Crippen MR) is 109 cm³/mol. The van der Waals surface area contributed by atoms with Crippen molar-refractivity contribution in [2.24, 2.45) is 11.8 Å². The van der Waals surface area contributed by atoms with Crippen molar-refractivity contribution in [2.45, 2.75) is 51.4 Å². The van der Waals surface area contributed by atoms with Gasteiger partial charge in [0.25, 0.3) is 0 Å². The number of hydrogen-bond donors (Lipinski definition) is 1. The van der Waals surface area contributed by atoms with E-state index in [4.69, 9.17) is 9.47 Å². The Labute approximate surface area is 167 Å². The highest BCUT2D eigenvalue weighted by Crippen LogP contribution is 2.34. The number of carbonyl (C=O) groups excluding carboxylic acids is 2. The number of nitrogens with one attached hydrogen (secondary N) is 1. The Morgan fingerprint density at radius 2 is 1.89 bits per heavy atom. The fourth-order valence-electron chi connectivity index (χ4n) is 4.35. The topological polar surface area (TPSA) is 67.9 Å². The fourth-order valence-corrected chi connectivity index (χ4v) is 4.35. The molecule has 28 heavy (non-hydrogen) atoms. The van der Waals surface area contributed by atoms with E-state index in [1.54, 1.807) is 31.3 Å². The average Bonchev–Trinajstić information content (AvgIpc) is 3.13. The summed E-state index contributed by atoms with van der Waals surface area (Å²) >= 11 is 0. The maximum atomic E-state index is 12.5. The number of benzene rings is 1. The molecule has 6 nitrogen and oxygen atoms in total. The van der Waals surface area contributed by atoms with Crippen LogP contribution in [0.3, 0.4) is 0 Å². The summed E-state index contributed by atoms with van der Waals surface area (Å²) in [5, 5.41) is 3.04. The first kappa shape index (κ1) is 20.5. The van der Waals surface area contributed by atoms with Gasteiger partial charge < -0.3 is 19.7 Å². The molecule has 2 aliphatic rings. The Kier molecular flexibility index (Phi) is 7.18. The number of methoxy groups -OCH3 is 2. The Balaban J connectivity index is 1.48. The van der Waals surface area contributed by atoms with E-state index in [0.29, 0.717) is 24.6 Å². The second kappa shape index (κ2) is 9.80. The van der Waals surface area contributed by atoms with Crippen molar-refractivity contribution in [3.63, 3.8) is 0 Å². The molecule has 1 unspecified atom stereocenters. The molecular formula is C22H32N2O4. The Hall–Kier alpha value is -2.24. The molecule has 0 radical (unpaired) electrons. The van der Waals surface area contributed by atoms with Crippen LogP contribution in [0.5, 0.6) is 11.5 Å². The molecule has 1 heterocycles. The quantitative estimate of drug-likeness (QED) is 0.692. The summed E-state index contributed by atoms with van der Waals surface area (Å²) in [6.07, 6.45) is 9.23. The Morgan fingerprint density at radius 1 is 1.14 bits per heavy atom. The van der Waals surface area contributed by atoms with Crippen molar-refractivity contribution in [1.29, 1.82) is 0 Å². The number of carbonyl (C=O) groups is 2. The summed E-state index contributed by atoms with van der Waals surface area (Å²) in [6, 6.07) is 5.38. The third kappa shape index (κ3) is 4.97. The van der Waals surface area contributed by atoms with Gasteiger partial charge in [-0.2, -0.15) is 0 Å². The molecule has 0 aromatic heterocycles. The molecule has 0 spiro atoms. The van der Waals surface area contributed by atoms with Crippen molar-refractivity contribution < 1.29 is 19.1 Å². The van der Waals surface area contributed by atoms with Gasteiger partial charge in [-0.3, -0.25) is 9.59 Å². The third-order valence-electron chi connectivity index (χ3n) is 5.99. The maximum Gasteiger partial charge on any atom is 0.227 e. The highest BCUT2D eigenvalue weighted by molar-refractivity contribution is 6.00. The normalized spacial score (nSPS) is 20.3. The first-order chi connectivity index (χ1) is 13.6. The highest BCUT2D eigenvalue weighted by atomic mass is 16.5. The molecule has 154 valence electrons. The molecule has 1 saturated heterocycles. The van der Waals surface area contributed by atoms with Crippen LogP contribution in [0.25, 0.3) is 0 Å². The van der Waals surface area contributed by atoms with Gasteiger partial charge in [0.05, 0.1) is 20.1 Å². The molecule has 1 aromatic carbocycles. The van der Waals surface area contributed by atoms with Crippen LogP contribution >= 0.6 is 0 Å². The van der Waals surface area contributed by atoms with Crippen LogP contribution in [0.2, 0.25) is 0 Å². The van der Waals surface area contributed by atoms with Gasteiger partial charge in [-0.25, -0.2) is 0 Å². The molecule has 1 atom stereocenters. The minimum absolute atomic E-state index is 0.0139. The Morgan fingerprint density at radius 3 is 2.61 bits per heavy atom. The van der Waals surface area contributed by atoms with Gasteiger partial charge in [-0.1, -0.05) is 32.1 Å². The number of hydrogen-bond acceptors (Lipinski definition) is 4. The van der Waals surface area contributed by atoms with Crippen molar-refractivity contribution in [1.82, 2.24) is 5.32 Å². The largest absolute Gasteiger partial charge is 0.493 e. The summed E-state index contributed by atoms with van der Waals surface area (Å²) in [5.74, 6) is 1.68. The lowest BCUT2D eigenvalue weighted by atomic mass is 9.86. The molecular weight excluding hydrogens is 356 g/mol. The predicted octanol–water partition coefficient (Wildman–Crippen LogP) is 3.53. The van der Waals surface area contributed by atoms with E-state index >= 15 is 0 Å². The molecule has 1 aromatic rings. The van der Waals surface area contributed by atoms with Gasteiger partial charge in [0.2, 0.25) is 11.8 Å². The highest BCUT2D eigenvalue weighted by Gasteiger charge is 2.35. The molecule has 3 rings (SSSR count). The lowest BCUT2D eigenvalue weighted by molar-refractivity contribution is -0.126. The van der Waals surface area contributed by atoms with Crippen LogP contribution < -0.4 is 19.7 Å². The van der Waals surface area contributed by atoms with E-state index < -0.39 is 0 Å². The second-order valence-electron chi connectivity index (χ2n) is 7.88. The third-order valence-corrected chi connectivity index (χ3v) is 5.99. The van der Waals surface area contributed by atoms with Crippen LogP contribution in [0.1, 0.15) is 51.4 Å². The van der Waals surface area contributed by atoms with E-state index in [9.17, 15) is 9.59 Å². The molecule has 6 heteroatoms. The minimum atomic E-state index is -0.296. The van der Waals surface area contributed by atoms with Gasteiger partial charge >= 0.3 is 0 Å². The van der Waals surface area contributed by atoms with Crippen molar-refractivity contribution in [2.75, 3.05) is 32.2 Å². The van der Waals surface area contributed by atoms with E-state index in [1.807, 2.05) is 6.07 Å². The minimum Gasteiger partial charge on any atom is -0.493 e. The monoisotopic (exact) mass is 388 g/mol. The van der Waals surface area contributed by atoms with E-state index in [0.717, 1.165) is 18.0 Å². The van der Waals surface area contributed by atoms with Crippen LogP contribution in [-0.2, 0) is 9.59 Å². The molecule has 1 N–H and O–H groups in total. The standard InChI is InChI=1S/C22H32N2O4/c1-27-19-11-10-18(14-20(19)28-2)24-15-17(13-21(24)25)22(26)23-12-6-9-16-7-4-3-5-8-16/h10-11,14,16-17H,3-9,12-13,15H2,1-2H3,(H,23,26). The van der Waals surface area contributed by atoms with Crippen molar-refractivity contribution in [3.8, 4) is 11.5 Å². The lowest BCUT2D eigenvalue weighted by Gasteiger charge is -2.21. The zero-order chi connectivity index (χ0) is 19.9. The van der Waals surface area contributed by atoms with Crippen molar-refractivity contribution >= 4 is 17.5 Å². The summed E-state index contributed by atoms with van der Waals surface area (Å²) in [5.41, 5.74) is 0.732. The average molecular weight is 389 g/mol. The maximum absolute atomic E-state index is 12.5. The summed E-state index contributed by atoms with van der Waals surface area (Å²) < 4.78 is 10.6. The van der Waals surface area contributed by atoms with Crippen LogP contribution in [0, 0.1) is 11.8 Å². The number of rotatable bonds is 8. The lowest BCUT2D eigenvalue weighted by Crippen LogP contribution is -2.33. The van der Waals surface area contributed by atoms with Crippen LogP contribution in [0.4, 0.5) is 5.69 Å². The number of nitrogens with zero attached hydrogens (tertiary/aromatic N) is 1. The molecule has 1 aliphatic heterocycles.